The zero-order valence-electron chi connectivity index (χ0n) is 9.22. The maximum atomic E-state index is 12.6. The Kier molecular flexibility index (Phi) is 3.03. The van der Waals surface area contributed by atoms with Gasteiger partial charge in [0.2, 0.25) is 11.9 Å². The smallest absolute Gasteiger partial charge is 0.311 e. The van der Waals surface area contributed by atoms with Gasteiger partial charge >= 0.3 is 5.97 Å². The maximum Gasteiger partial charge on any atom is 0.311 e. The summed E-state index contributed by atoms with van der Waals surface area (Å²) in [6.07, 6.45) is 1.39. The lowest BCUT2D eigenvalue weighted by atomic mass is 10.1. The summed E-state index contributed by atoms with van der Waals surface area (Å²) in [5, 5.41) is 0. The summed E-state index contributed by atoms with van der Waals surface area (Å²) in [6, 6.07) is 2.63. The van der Waals surface area contributed by atoms with Gasteiger partial charge in [0.1, 0.15) is 0 Å². The SMILES string of the molecule is COC(=O)C1CC(=O)N(c2ccc(F)nc2)C1. The van der Waals surface area contributed by atoms with Gasteiger partial charge in [0.15, 0.2) is 0 Å². The van der Waals surface area contributed by atoms with Crippen LogP contribution in [-0.2, 0) is 14.3 Å². The molecule has 17 heavy (non-hydrogen) atoms. The Morgan fingerprint density at radius 1 is 1.59 bits per heavy atom. The van der Waals surface area contributed by atoms with Crippen molar-refractivity contribution in [2.45, 2.75) is 6.42 Å². The zero-order valence-corrected chi connectivity index (χ0v) is 9.22. The van der Waals surface area contributed by atoms with Gasteiger partial charge in [-0.3, -0.25) is 9.59 Å². The molecule has 1 aliphatic rings. The van der Waals surface area contributed by atoms with Gasteiger partial charge in [-0.1, -0.05) is 0 Å². The van der Waals surface area contributed by atoms with Crippen LogP contribution in [0.5, 0.6) is 0 Å². The van der Waals surface area contributed by atoms with Crippen molar-refractivity contribution in [2.24, 2.45) is 5.92 Å². The predicted octanol–water partition coefficient (Wildman–Crippen LogP) is 0.747. The first-order chi connectivity index (χ1) is 8.11. The molecule has 6 heteroatoms. The first-order valence-electron chi connectivity index (χ1n) is 5.11. The monoisotopic (exact) mass is 238 g/mol. The van der Waals surface area contributed by atoms with Crippen LogP contribution in [0.3, 0.4) is 0 Å². The van der Waals surface area contributed by atoms with E-state index in [1.807, 2.05) is 0 Å². The second-order valence-electron chi connectivity index (χ2n) is 3.77. The van der Waals surface area contributed by atoms with Gasteiger partial charge in [-0.15, -0.1) is 0 Å². The number of carbonyl (C=O) groups excluding carboxylic acids is 2. The Morgan fingerprint density at radius 2 is 2.35 bits per heavy atom. The average molecular weight is 238 g/mol. The van der Waals surface area contributed by atoms with Gasteiger partial charge in [0.25, 0.3) is 0 Å². The number of anilines is 1. The van der Waals surface area contributed by atoms with Crippen molar-refractivity contribution in [1.82, 2.24) is 4.98 Å². The largest absolute Gasteiger partial charge is 0.469 e. The third-order valence-corrected chi connectivity index (χ3v) is 2.68. The molecule has 0 saturated carbocycles. The lowest BCUT2D eigenvalue weighted by Crippen LogP contribution is -2.26. The van der Waals surface area contributed by atoms with Crippen LogP contribution in [0.2, 0.25) is 0 Å². The second-order valence-corrected chi connectivity index (χ2v) is 3.77. The van der Waals surface area contributed by atoms with Crippen LogP contribution in [-0.4, -0.2) is 30.5 Å². The van der Waals surface area contributed by atoms with Gasteiger partial charge < -0.3 is 9.64 Å². The number of esters is 1. The van der Waals surface area contributed by atoms with E-state index in [4.69, 9.17) is 0 Å². The molecule has 1 aromatic rings. The number of amides is 1. The molecule has 1 amide bonds. The van der Waals surface area contributed by atoms with Crippen LogP contribution in [0.4, 0.5) is 10.1 Å². The first kappa shape index (κ1) is 11.5. The number of pyridine rings is 1. The number of hydrogen-bond acceptors (Lipinski definition) is 4. The molecule has 1 atom stereocenters. The molecule has 5 nitrogen and oxygen atoms in total. The highest BCUT2D eigenvalue weighted by atomic mass is 19.1. The highest BCUT2D eigenvalue weighted by Crippen LogP contribution is 2.25. The fourth-order valence-corrected chi connectivity index (χ4v) is 1.81. The summed E-state index contributed by atoms with van der Waals surface area (Å²) in [7, 11) is 1.29. The van der Waals surface area contributed by atoms with Crippen molar-refractivity contribution in [1.29, 1.82) is 0 Å². The maximum absolute atomic E-state index is 12.6. The molecule has 2 rings (SSSR count). The Hall–Kier alpha value is -1.98. The summed E-state index contributed by atoms with van der Waals surface area (Å²) >= 11 is 0. The standard InChI is InChI=1S/C11H11FN2O3/c1-17-11(16)7-4-10(15)14(6-7)8-2-3-9(12)13-5-8/h2-3,5,7H,4,6H2,1H3. The molecular weight excluding hydrogens is 227 g/mol. The summed E-state index contributed by atoms with van der Waals surface area (Å²) in [5.74, 6) is -1.66. The van der Waals surface area contributed by atoms with E-state index < -0.39 is 17.8 Å². The van der Waals surface area contributed by atoms with Gasteiger partial charge in [-0.05, 0) is 12.1 Å². The lowest BCUT2D eigenvalue weighted by Gasteiger charge is -2.15. The van der Waals surface area contributed by atoms with E-state index >= 15 is 0 Å². The van der Waals surface area contributed by atoms with Gasteiger partial charge in [0, 0.05) is 13.0 Å². The van der Waals surface area contributed by atoms with Crippen molar-refractivity contribution in [3.8, 4) is 0 Å². The van der Waals surface area contributed by atoms with Crippen molar-refractivity contribution in [3.63, 3.8) is 0 Å². The second kappa shape index (κ2) is 4.48. The summed E-state index contributed by atoms with van der Waals surface area (Å²) in [4.78, 5) is 27.9. The first-order valence-corrected chi connectivity index (χ1v) is 5.11. The number of hydrogen-bond donors (Lipinski definition) is 0. The Morgan fingerprint density at radius 3 is 2.94 bits per heavy atom. The van der Waals surface area contributed by atoms with Crippen LogP contribution < -0.4 is 4.90 Å². The minimum absolute atomic E-state index is 0.115. The quantitative estimate of drug-likeness (QED) is 0.563. The molecule has 1 unspecified atom stereocenters. The zero-order chi connectivity index (χ0) is 12.4. The van der Waals surface area contributed by atoms with Gasteiger partial charge in [-0.2, -0.15) is 4.39 Å². The number of methoxy groups -OCH3 is 1. The van der Waals surface area contributed by atoms with Crippen LogP contribution in [0.15, 0.2) is 18.3 Å². The molecular formula is C11H11FN2O3. The lowest BCUT2D eigenvalue weighted by molar-refractivity contribution is -0.145. The Labute approximate surface area is 97.2 Å². The summed E-state index contributed by atoms with van der Waals surface area (Å²) in [5.41, 5.74) is 0.489. The number of carbonyl (C=O) groups is 2. The fraction of sp³-hybridized carbons (Fsp3) is 0.364. The molecule has 1 aromatic heterocycles. The molecule has 1 saturated heterocycles. The summed E-state index contributed by atoms with van der Waals surface area (Å²) < 4.78 is 17.2. The number of aromatic nitrogens is 1. The Balaban J connectivity index is 2.15. The molecule has 0 aromatic carbocycles. The molecule has 90 valence electrons. The molecule has 1 fully saturated rings. The van der Waals surface area contributed by atoms with Crippen LogP contribution in [0.25, 0.3) is 0 Å². The molecule has 0 bridgehead atoms. The minimum atomic E-state index is -0.607. The van der Waals surface area contributed by atoms with E-state index in [2.05, 4.69) is 9.72 Å². The number of nitrogens with zero attached hydrogens (tertiary/aromatic N) is 2. The molecule has 0 radical (unpaired) electrons. The van der Waals surface area contributed by atoms with Gasteiger partial charge in [0.05, 0.1) is 24.9 Å². The molecule has 2 heterocycles. The highest BCUT2D eigenvalue weighted by molar-refractivity contribution is 5.99. The van der Waals surface area contributed by atoms with Crippen molar-refractivity contribution < 1.29 is 18.7 Å². The van der Waals surface area contributed by atoms with Crippen LogP contribution >= 0.6 is 0 Å². The van der Waals surface area contributed by atoms with E-state index in [9.17, 15) is 14.0 Å². The number of halogens is 1. The van der Waals surface area contributed by atoms with E-state index in [-0.39, 0.29) is 18.9 Å². The van der Waals surface area contributed by atoms with Crippen molar-refractivity contribution in [3.05, 3.63) is 24.3 Å². The predicted molar refractivity (Wildman–Crippen MR) is 56.7 cm³/mol. The molecule has 1 aliphatic heterocycles. The molecule has 0 spiro atoms. The van der Waals surface area contributed by atoms with E-state index in [1.165, 1.54) is 30.3 Å². The van der Waals surface area contributed by atoms with Crippen LogP contribution in [0.1, 0.15) is 6.42 Å². The van der Waals surface area contributed by atoms with E-state index in [0.29, 0.717) is 5.69 Å². The molecule has 0 aliphatic carbocycles. The molecule has 0 N–H and O–H groups in total. The third kappa shape index (κ3) is 2.25. The van der Waals surface area contributed by atoms with Crippen molar-refractivity contribution >= 4 is 17.6 Å². The highest BCUT2D eigenvalue weighted by Gasteiger charge is 2.35. The number of rotatable bonds is 2. The van der Waals surface area contributed by atoms with Crippen molar-refractivity contribution in [2.75, 3.05) is 18.6 Å². The van der Waals surface area contributed by atoms with Crippen LogP contribution in [0, 0.1) is 11.9 Å². The van der Waals surface area contributed by atoms with E-state index in [1.54, 1.807) is 0 Å². The normalized spacial score (nSPS) is 19.5. The summed E-state index contributed by atoms with van der Waals surface area (Å²) in [6.45, 7) is 0.249. The Bertz CT molecular complexity index is 447. The fourth-order valence-electron chi connectivity index (χ4n) is 1.81. The van der Waals surface area contributed by atoms with Gasteiger partial charge in [-0.25, -0.2) is 4.98 Å². The topological polar surface area (TPSA) is 59.5 Å². The van der Waals surface area contributed by atoms with E-state index in [0.717, 1.165) is 0 Å². The average Bonchev–Trinajstić information content (AvgIpc) is 2.71. The minimum Gasteiger partial charge on any atom is -0.469 e. The number of ether oxygens (including phenoxy) is 1. The third-order valence-electron chi connectivity index (χ3n) is 2.68.